The van der Waals surface area contributed by atoms with Gasteiger partial charge in [0.15, 0.2) is 11.0 Å². The lowest BCUT2D eigenvalue weighted by Crippen LogP contribution is -2.24. The van der Waals surface area contributed by atoms with Gasteiger partial charge < -0.3 is 9.88 Å². The van der Waals surface area contributed by atoms with Gasteiger partial charge in [0.25, 0.3) is 0 Å². The second-order valence-electron chi connectivity index (χ2n) is 5.69. The third-order valence-corrected chi connectivity index (χ3v) is 5.28. The van der Waals surface area contributed by atoms with Crippen LogP contribution in [0.4, 0.5) is 14.5 Å². The van der Waals surface area contributed by atoms with E-state index in [2.05, 4.69) is 15.5 Å². The molecule has 0 radical (unpaired) electrons. The fourth-order valence-corrected chi connectivity index (χ4v) is 3.38. The highest BCUT2D eigenvalue weighted by atomic mass is 35.5. The van der Waals surface area contributed by atoms with Gasteiger partial charge in [0.2, 0.25) is 5.91 Å². The molecule has 9 heteroatoms. The molecule has 5 nitrogen and oxygen atoms in total. The Kier molecular flexibility index (Phi) is 5.76. The van der Waals surface area contributed by atoms with Crippen molar-refractivity contribution in [2.24, 2.45) is 7.05 Å². The maximum absolute atomic E-state index is 13.7. The van der Waals surface area contributed by atoms with Crippen molar-refractivity contribution in [2.45, 2.75) is 17.3 Å². The summed E-state index contributed by atoms with van der Waals surface area (Å²) in [5.74, 6) is -1.66. The van der Waals surface area contributed by atoms with Crippen LogP contribution in [0.15, 0.2) is 47.6 Å². The van der Waals surface area contributed by atoms with Crippen LogP contribution < -0.4 is 5.32 Å². The molecule has 0 spiro atoms. The number of aromatic nitrogens is 3. The topological polar surface area (TPSA) is 59.8 Å². The number of hydrogen-bond donors (Lipinski definition) is 1. The van der Waals surface area contributed by atoms with Gasteiger partial charge >= 0.3 is 0 Å². The molecule has 0 saturated heterocycles. The van der Waals surface area contributed by atoms with E-state index >= 15 is 0 Å². The van der Waals surface area contributed by atoms with E-state index in [1.54, 1.807) is 24.6 Å². The van der Waals surface area contributed by atoms with Gasteiger partial charge in [-0.25, -0.2) is 8.78 Å². The first-order valence-corrected chi connectivity index (χ1v) is 9.20. The quantitative estimate of drug-likeness (QED) is 0.630. The SMILES string of the molecule is C[C@@H](Sc1nnc(-c2ccccc2Cl)n1C)C(=O)Nc1c(F)cccc1F. The van der Waals surface area contributed by atoms with E-state index in [-0.39, 0.29) is 0 Å². The smallest absolute Gasteiger partial charge is 0.237 e. The summed E-state index contributed by atoms with van der Waals surface area (Å²) < 4.78 is 29.1. The predicted octanol–water partition coefficient (Wildman–Crippen LogP) is 4.53. The summed E-state index contributed by atoms with van der Waals surface area (Å²) in [4.78, 5) is 12.3. The molecule has 0 saturated carbocycles. The van der Waals surface area contributed by atoms with Gasteiger partial charge in [-0.05, 0) is 31.2 Å². The summed E-state index contributed by atoms with van der Waals surface area (Å²) in [5.41, 5.74) is 0.247. The van der Waals surface area contributed by atoms with Gasteiger partial charge in [-0.15, -0.1) is 10.2 Å². The molecular formula is C18H15ClF2N4OS. The number of anilines is 1. The molecule has 0 fully saturated rings. The summed E-state index contributed by atoms with van der Waals surface area (Å²) >= 11 is 7.31. The maximum atomic E-state index is 13.7. The first-order chi connectivity index (χ1) is 12.9. The van der Waals surface area contributed by atoms with E-state index in [1.807, 2.05) is 18.2 Å². The van der Waals surface area contributed by atoms with Crippen molar-refractivity contribution in [1.29, 1.82) is 0 Å². The minimum atomic E-state index is -0.833. The number of thioether (sulfide) groups is 1. The number of carbonyl (C=O) groups is 1. The van der Waals surface area contributed by atoms with E-state index in [0.717, 1.165) is 23.9 Å². The van der Waals surface area contributed by atoms with E-state index in [9.17, 15) is 13.6 Å². The molecule has 0 aliphatic rings. The molecule has 1 amide bonds. The molecule has 0 aliphatic carbocycles. The molecule has 2 aromatic carbocycles. The summed E-state index contributed by atoms with van der Waals surface area (Å²) in [6.07, 6.45) is 0. The molecule has 1 heterocycles. The number of nitrogens with zero attached hydrogens (tertiary/aromatic N) is 3. The van der Waals surface area contributed by atoms with Crippen molar-refractivity contribution < 1.29 is 13.6 Å². The Morgan fingerprint density at radius 3 is 2.48 bits per heavy atom. The molecular weight excluding hydrogens is 394 g/mol. The molecule has 3 aromatic rings. The van der Waals surface area contributed by atoms with Crippen LogP contribution in [0.2, 0.25) is 5.02 Å². The third-order valence-electron chi connectivity index (χ3n) is 3.81. The van der Waals surface area contributed by atoms with Crippen LogP contribution in [-0.4, -0.2) is 25.9 Å². The molecule has 0 aliphatic heterocycles. The van der Waals surface area contributed by atoms with Crippen LogP contribution in [0.1, 0.15) is 6.92 Å². The van der Waals surface area contributed by atoms with Crippen LogP contribution in [0, 0.1) is 11.6 Å². The minimum Gasteiger partial charge on any atom is -0.320 e. The van der Waals surface area contributed by atoms with Crippen LogP contribution in [0.5, 0.6) is 0 Å². The highest BCUT2D eigenvalue weighted by Crippen LogP contribution is 2.30. The lowest BCUT2D eigenvalue weighted by molar-refractivity contribution is -0.115. The number of benzene rings is 2. The number of hydrogen-bond acceptors (Lipinski definition) is 4. The summed E-state index contributed by atoms with van der Waals surface area (Å²) in [7, 11) is 1.75. The molecule has 3 rings (SSSR count). The predicted molar refractivity (Wildman–Crippen MR) is 102 cm³/mol. The molecule has 0 unspecified atom stereocenters. The van der Waals surface area contributed by atoms with Crippen LogP contribution in [-0.2, 0) is 11.8 Å². The first kappa shape index (κ1) is 19.3. The lowest BCUT2D eigenvalue weighted by Gasteiger charge is -2.12. The van der Waals surface area contributed by atoms with Crippen LogP contribution in [0.25, 0.3) is 11.4 Å². The Morgan fingerprint density at radius 2 is 1.81 bits per heavy atom. The minimum absolute atomic E-state index is 0.468. The van der Waals surface area contributed by atoms with Crippen molar-refractivity contribution in [1.82, 2.24) is 14.8 Å². The average Bonchev–Trinajstić information content (AvgIpc) is 2.99. The van der Waals surface area contributed by atoms with Gasteiger partial charge in [-0.3, -0.25) is 4.79 Å². The molecule has 1 atom stereocenters. The van der Waals surface area contributed by atoms with E-state index in [1.165, 1.54) is 6.07 Å². The van der Waals surface area contributed by atoms with E-state index in [0.29, 0.717) is 21.6 Å². The van der Waals surface area contributed by atoms with Gasteiger partial charge in [0.05, 0.1) is 10.3 Å². The Balaban J connectivity index is 1.76. The average molecular weight is 409 g/mol. The van der Waals surface area contributed by atoms with Gasteiger partial charge in [0.1, 0.15) is 17.3 Å². The fraction of sp³-hybridized carbons (Fsp3) is 0.167. The normalized spacial score (nSPS) is 12.0. The number of amides is 1. The summed E-state index contributed by atoms with van der Waals surface area (Å²) in [6, 6.07) is 10.6. The zero-order valence-electron chi connectivity index (χ0n) is 14.4. The molecule has 1 N–H and O–H groups in total. The third kappa shape index (κ3) is 4.12. The van der Waals surface area contributed by atoms with Crippen LogP contribution >= 0.6 is 23.4 Å². The summed E-state index contributed by atoms with van der Waals surface area (Å²) in [5, 5.41) is 10.8. The second-order valence-corrected chi connectivity index (χ2v) is 7.41. The molecule has 1 aromatic heterocycles. The molecule has 0 bridgehead atoms. The van der Waals surface area contributed by atoms with Crippen molar-refractivity contribution in [2.75, 3.05) is 5.32 Å². The number of para-hydroxylation sites is 1. The van der Waals surface area contributed by atoms with Crippen molar-refractivity contribution in [3.05, 3.63) is 59.1 Å². The van der Waals surface area contributed by atoms with Gasteiger partial charge in [0, 0.05) is 12.6 Å². The van der Waals surface area contributed by atoms with Crippen LogP contribution in [0.3, 0.4) is 0 Å². The highest BCUT2D eigenvalue weighted by molar-refractivity contribution is 8.00. The van der Waals surface area contributed by atoms with Crippen molar-refractivity contribution >= 4 is 35.0 Å². The number of rotatable bonds is 5. The largest absolute Gasteiger partial charge is 0.320 e. The Bertz CT molecular complexity index is 975. The van der Waals surface area contributed by atoms with E-state index < -0.39 is 28.5 Å². The summed E-state index contributed by atoms with van der Waals surface area (Å²) in [6.45, 7) is 1.61. The standard InChI is InChI=1S/C18H15ClF2N4OS/c1-10(17(26)22-15-13(20)8-5-9-14(15)21)27-18-24-23-16(25(18)2)11-6-3-4-7-12(11)19/h3-10H,1-2H3,(H,22,26)/t10-/m1/s1. The Hall–Kier alpha value is -2.45. The number of halogens is 3. The zero-order chi connectivity index (χ0) is 19.6. The zero-order valence-corrected chi connectivity index (χ0v) is 16.0. The van der Waals surface area contributed by atoms with Crippen molar-refractivity contribution in [3.63, 3.8) is 0 Å². The van der Waals surface area contributed by atoms with Crippen molar-refractivity contribution in [3.8, 4) is 11.4 Å². The lowest BCUT2D eigenvalue weighted by atomic mass is 10.2. The molecule has 140 valence electrons. The molecule has 27 heavy (non-hydrogen) atoms. The van der Waals surface area contributed by atoms with E-state index in [4.69, 9.17) is 11.6 Å². The van der Waals surface area contributed by atoms with Gasteiger partial charge in [-0.1, -0.05) is 41.6 Å². The number of carbonyl (C=O) groups excluding carboxylic acids is 1. The first-order valence-electron chi connectivity index (χ1n) is 7.94. The maximum Gasteiger partial charge on any atom is 0.237 e. The Labute approximate surface area is 163 Å². The van der Waals surface area contributed by atoms with Gasteiger partial charge in [-0.2, -0.15) is 0 Å². The second kappa shape index (κ2) is 8.06. The Morgan fingerprint density at radius 1 is 1.15 bits per heavy atom. The fourth-order valence-electron chi connectivity index (χ4n) is 2.35. The number of nitrogens with one attached hydrogen (secondary N) is 1. The highest BCUT2D eigenvalue weighted by Gasteiger charge is 2.22. The monoisotopic (exact) mass is 408 g/mol.